The molecular formula is C14H25N3O5. The lowest BCUT2D eigenvalue weighted by Crippen LogP contribution is -2.45. The van der Waals surface area contributed by atoms with Gasteiger partial charge in [-0.15, -0.1) is 0 Å². The van der Waals surface area contributed by atoms with Crippen molar-refractivity contribution in [1.82, 2.24) is 10.6 Å². The number of carbonyl (C=O) groups excluding carboxylic acids is 2. The Balaban J connectivity index is 2.28. The van der Waals surface area contributed by atoms with Gasteiger partial charge in [0.05, 0.1) is 12.6 Å². The zero-order chi connectivity index (χ0) is 17.0. The van der Waals surface area contributed by atoms with Gasteiger partial charge in [0, 0.05) is 0 Å². The van der Waals surface area contributed by atoms with E-state index in [9.17, 15) is 9.59 Å². The molecular weight excluding hydrogens is 290 g/mol. The highest BCUT2D eigenvalue weighted by Gasteiger charge is 2.24. The van der Waals surface area contributed by atoms with Crippen molar-refractivity contribution in [2.24, 2.45) is 4.99 Å². The van der Waals surface area contributed by atoms with Crippen LogP contribution in [0.15, 0.2) is 4.99 Å². The number of ether oxygens (including phenoxy) is 3. The number of amides is 1. The van der Waals surface area contributed by atoms with Crippen LogP contribution in [0, 0.1) is 0 Å². The lowest BCUT2D eigenvalue weighted by atomic mass is 10.2. The lowest BCUT2D eigenvalue weighted by molar-refractivity contribution is -0.00943. The van der Waals surface area contributed by atoms with E-state index in [2.05, 4.69) is 15.6 Å². The number of hydrogen-bond acceptors (Lipinski definition) is 7. The first-order chi connectivity index (χ1) is 9.94. The van der Waals surface area contributed by atoms with Gasteiger partial charge in [0.1, 0.15) is 17.8 Å². The van der Waals surface area contributed by atoms with E-state index in [0.29, 0.717) is 12.5 Å². The fourth-order valence-electron chi connectivity index (χ4n) is 1.50. The number of carbonyl (C=O) groups is 2. The molecule has 8 nitrogen and oxygen atoms in total. The Hall–Kier alpha value is -1.99. The summed E-state index contributed by atoms with van der Waals surface area (Å²) in [6.07, 6.45) is -1.32. The van der Waals surface area contributed by atoms with Gasteiger partial charge >= 0.3 is 12.2 Å². The molecule has 0 bridgehead atoms. The largest absolute Gasteiger partial charge is 0.508 e. The maximum absolute atomic E-state index is 11.6. The van der Waals surface area contributed by atoms with Crippen molar-refractivity contribution in [2.45, 2.75) is 58.8 Å². The smallest absolute Gasteiger partial charge is 0.444 e. The fourth-order valence-corrected chi connectivity index (χ4v) is 1.50. The topological polar surface area (TPSA) is 98.3 Å². The molecule has 0 aliphatic carbocycles. The van der Waals surface area contributed by atoms with Gasteiger partial charge in [-0.3, -0.25) is 10.3 Å². The molecule has 0 spiro atoms. The Morgan fingerprint density at radius 3 is 2.32 bits per heavy atom. The van der Waals surface area contributed by atoms with Gasteiger partial charge in [-0.2, -0.15) is 0 Å². The van der Waals surface area contributed by atoms with Crippen LogP contribution in [0.3, 0.4) is 0 Å². The zero-order valence-electron chi connectivity index (χ0n) is 14.0. The summed E-state index contributed by atoms with van der Waals surface area (Å²) in [5.74, 6) is 0.298. The highest BCUT2D eigenvalue weighted by Crippen LogP contribution is 2.09. The van der Waals surface area contributed by atoms with Crippen LogP contribution in [-0.2, 0) is 14.2 Å². The van der Waals surface area contributed by atoms with Crippen molar-refractivity contribution in [3.8, 4) is 0 Å². The van der Waals surface area contributed by atoms with Crippen molar-refractivity contribution in [2.75, 3.05) is 13.2 Å². The van der Waals surface area contributed by atoms with E-state index in [1.165, 1.54) is 0 Å². The van der Waals surface area contributed by atoms with E-state index < -0.39 is 23.5 Å². The van der Waals surface area contributed by atoms with E-state index in [1.54, 1.807) is 41.5 Å². The van der Waals surface area contributed by atoms with Crippen LogP contribution in [0.4, 0.5) is 9.59 Å². The van der Waals surface area contributed by atoms with Crippen molar-refractivity contribution in [3.05, 3.63) is 0 Å². The molecule has 2 N–H and O–H groups in total. The van der Waals surface area contributed by atoms with Crippen LogP contribution in [0.1, 0.15) is 41.5 Å². The summed E-state index contributed by atoms with van der Waals surface area (Å²) in [5.41, 5.74) is -1.18. The van der Waals surface area contributed by atoms with Crippen LogP contribution in [0.25, 0.3) is 0 Å². The summed E-state index contributed by atoms with van der Waals surface area (Å²) < 4.78 is 15.1. The molecule has 0 fully saturated rings. The molecule has 0 saturated carbocycles. The molecule has 0 radical (unpaired) electrons. The van der Waals surface area contributed by atoms with Crippen LogP contribution in [-0.4, -0.2) is 48.6 Å². The summed E-state index contributed by atoms with van der Waals surface area (Å²) in [5, 5.41) is 5.43. The van der Waals surface area contributed by atoms with Crippen LogP contribution in [0.2, 0.25) is 0 Å². The Bertz CT molecular complexity index is 448. The molecule has 1 amide bonds. The van der Waals surface area contributed by atoms with Crippen molar-refractivity contribution < 1.29 is 23.8 Å². The second-order valence-electron chi connectivity index (χ2n) is 6.93. The van der Waals surface area contributed by atoms with E-state index in [1.807, 2.05) is 0 Å². The Morgan fingerprint density at radius 2 is 1.77 bits per heavy atom. The molecule has 1 aliphatic heterocycles. The van der Waals surface area contributed by atoms with Gasteiger partial charge in [-0.1, -0.05) is 0 Å². The summed E-state index contributed by atoms with van der Waals surface area (Å²) in [6.45, 7) is 11.1. The first-order valence-corrected chi connectivity index (χ1v) is 7.11. The molecule has 1 atom stereocenters. The van der Waals surface area contributed by atoms with E-state index >= 15 is 0 Å². The van der Waals surface area contributed by atoms with Crippen molar-refractivity contribution in [1.29, 1.82) is 0 Å². The highest BCUT2D eigenvalue weighted by molar-refractivity contribution is 5.95. The maximum atomic E-state index is 11.6. The summed E-state index contributed by atoms with van der Waals surface area (Å²) in [4.78, 5) is 27.1. The predicted molar refractivity (Wildman–Crippen MR) is 80.8 cm³/mol. The number of alkyl carbamates (subject to hydrolysis) is 1. The molecule has 1 heterocycles. The molecule has 0 aromatic carbocycles. The number of hydrogen-bond donors (Lipinski definition) is 2. The zero-order valence-corrected chi connectivity index (χ0v) is 14.0. The average Bonchev–Trinajstić information content (AvgIpc) is 2.68. The van der Waals surface area contributed by atoms with Crippen LogP contribution < -0.4 is 10.6 Å². The number of guanidine groups is 1. The van der Waals surface area contributed by atoms with Gasteiger partial charge in [-0.25, -0.2) is 9.59 Å². The third kappa shape index (κ3) is 7.70. The minimum absolute atomic E-state index is 0.0952. The van der Waals surface area contributed by atoms with Crippen LogP contribution in [0.5, 0.6) is 0 Å². The SMILES string of the molecule is CC(C)(C)OC(=O)NC1=NCC(COC(=O)OC(C)(C)C)N1. The molecule has 8 heteroatoms. The first-order valence-electron chi connectivity index (χ1n) is 7.11. The molecule has 126 valence electrons. The Morgan fingerprint density at radius 1 is 1.18 bits per heavy atom. The molecule has 1 unspecified atom stereocenters. The summed E-state index contributed by atoms with van der Waals surface area (Å²) in [6, 6.07) is -0.211. The van der Waals surface area contributed by atoms with E-state index in [-0.39, 0.29) is 12.6 Å². The summed E-state index contributed by atoms with van der Waals surface area (Å²) >= 11 is 0. The molecule has 1 rings (SSSR count). The standard InChI is InChI=1S/C14H25N3O5/c1-13(2,3)21-11(18)17-10-15-7-9(16-10)8-20-12(19)22-14(4,5)6/h9H,7-8H2,1-6H3,(H2,15,16,17,18). The number of nitrogens with zero attached hydrogens (tertiary/aromatic N) is 1. The Labute approximate surface area is 130 Å². The molecule has 0 aromatic heterocycles. The van der Waals surface area contributed by atoms with Crippen molar-refractivity contribution in [3.63, 3.8) is 0 Å². The van der Waals surface area contributed by atoms with Crippen molar-refractivity contribution >= 4 is 18.2 Å². The quantitative estimate of drug-likeness (QED) is 0.754. The van der Waals surface area contributed by atoms with Gasteiger partial charge in [0.15, 0.2) is 0 Å². The summed E-state index contributed by atoms with van der Waals surface area (Å²) in [7, 11) is 0. The van der Waals surface area contributed by atoms with E-state index in [0.717, 1.165) is 0 Å². The normalized spacial score (nSPS) is 18.1. The molecule has 1 aliphatic rings. The monoisotopic (exact) mass is 315 g/mol. The van der Waals surface area contributed by atoms with Crippen LogP contribution >= 0.6 is 0 Å². The minimum atomic E-state index is -0.733. The van der Waals surface area contributed by atoms with E-state index in [4.69, 9.17) is 14.2 Å². The Kier molecular flexibility index (Phi) is 5.62. The predicted octanol–water partition coefficient (Wildman–Crippen LogP) is 1.79. The third-order valence-electron chi connectivity index (χ3n) is 2.22. The third-order valence-corrected chi connectivity index (χ3v) is 2.22. The molecule has 22 heavy (non-hydrogen) atoms. The van der Waals surface area contributed by atoms with Gasteiger partial charge in [0.2, 0.25) is 5.96 Å². The van der Waals surface area contributed by atoms with Gasteiger partial charge < -0.3 is 19.5 Å². The second-order valence-corrected chi connectivity index (χ2v) is 6.93. The maximum Gasteiger partial charge on any atom is 0.508 e. The first kappa shape index (κ1) is 18.1. The molecule has 0 saturated heterocycles. The number of aliphatic imine (C=N–C) groups is 1. The highest BCUT2D eigenvalue weighted by atomic mass is 16.7. The second kappa shape index (κ2) is 6.85. The van der Waals surface area contributed by atoms with Gasteiger partial charge in [-0.05, 0) is 41.5 Å². The number of nitrogens with one attached hydrogen (secondary N) is 2. The number of rotatable bonds is 2. The minimum Gasteiger partial charge on any atom is -0.444 e. The average molecular weight is 315 g/mol. The molecule has 0 aromatic rings. The lowest BCUT2D eigenvalue weighted by Gasteiger charge is -2.20. The van der Waals surface area contributed by atoms with Gasteiger partial charge in [0.25, 0.3) is 0 Å². The fraction of sp³-hybridized carbons (Fsp3) is 0.786.